The van der Waals surface area contributed by atoms with Crippen molar-refractivity contribution in [1.82, 2.24) is 10.2 Å². The molecule has 0 amide bonds. The third-order valence-corrected chi connectivity index (χ3v) is 3.35. The van der Waals surface area contributed by atoms with E-state index in [1.165, 1.54) is 6.07 Å². The summed E-state index contributed by atoms with van der Waals surface area (Å²) in [6, 6.07) is 6.45. The van der Waals surface area contributed by atoms with E-state index in [4.69, 9.17) is 0 Å². The van der Waals surface area contributed by atoms with Crippen molar-refractivity contribution < 1.29 is 13.2 Å². The molecular formula is C14H20ClF3N2. The Kier molecular flexibility index (Phi) is 5.86. The normalized spacial score (nSPS) is 24.2. The van der Waals surface area contributed by atoms with Crippen LogP contribution in [0.2, 0.25) is 0 Å². The van der Waals surface area contributed by atoms with Crippen LogP contribution in [0.1, 0.15) is 25.0 Å². The summed E-state index contributed by atoms with van der Waals surface area (Å²) in [5.74, 6) is 0. The molecule has 1 aliphatic heterocycles. The topological polar surface area (TPSA) is 15.3 Å². The van der Waals surface area contributed by atoms with E-state index in [2.05, 4.69) is 24.1 Å². The molecule has 2 unspecified atom stereocenters. The molecular weight excluding hydrogens is 289 g/mol. The molecule has 1 fully saturated rings. The zero-order valence-corrected chi connectivity index (χ0v) is 12.4. The fourth-order valence-corrected chi connectivity index (χ4v) is 2.74. The Morgan fingerprint density at radius 1 is 1.15 bits per heavy atom. The van der Waals surface area contributed by atoms with Gasteiger partial charge in [0.2, 0.25) is 0 Å². The van der Waals surface area contributed by atoms with Gasteiger partial charge in [0.15, 0.2) is 0 Å². The molecule has 114 valence electrons. The monoisotopic (exact) mass is 308 g/mol. The zero-order valence-electron chi connectivity index (χ0n) is 11.6. The minimum Gasteiger partial charge on any atom is -0.309 e. The molecule has 0 aliphatic carbocycles. The number of nitrogens with zero attached hydrogens (tertiary/aromatic N) is 1. The third-order valence-electron chi connectivity index (χ3n) is 3.35. The third kappa shape index (κ3) is 4.36. The van der Waals surface area contributed by atoms with Gasteiger partial charge in [0, 0.05) is 31.7 Å². The lowest BCUT2D eigenvalue weighted by molar-refractivity contribution is -0.138. The Bertz CT molecular complexity index is 427. The summed E-state index contributed by atoms with van der Waals surface area (Å²) >= 11 is 0. The number of halogens is 4. The highest BCUT2D eigenvalue weighted by atomic mass is 35.5. The Morgan fingerprint density at radius 2 is 1.70 bits per heavy atom. The Balaban J connectivity index is 0.00000200. The van der Waals surface area contributed by atoms with E-state index in [9.17, 15) is 13.2 Å². The first-order valence-corrected chi connectivity index (χ1v) is 6.50. The van der Waals surface area contributed by atoms with Crippen LogP contribution >= 0.6 is 12.4 Å². The lowest BCUT2D eigenvalue weighted by Crippen LogP contribution is -2.53. The molecule has 6 heteroatoms. The summed E-state index contributed by atoms with van der Waals surface area (Å²) in [5.41, 5.74) is -0.162. The number of piperazine rings is 1. The van der Waals surface area contributed by atoms with Crippen molar-refractivity contribution in [3.05, 3.63) is 35.4 Å². The van der Waals surface area contributed by atoms with Crippen LogP contribution in [-0.2, 0) is 12.7 Å². The summed E-state index contributed by atoms with van der Waals surface area (Å²) in [5, 5.41) is 3.38. The molecule has 0 radical (unpaired) electrons. The van der Waals surface area contributed by atoms with Crippen molar-refractivity contribution in [3.8, 4) is 0 Å². The zero-order chi connectivity index (χ0) is 14.0. The summed E-state index contributed by atoms with van der Waals surface area (Å²) in [4.78, 5) is 2.08. The van der Waals surface area contributed by atoms with E-state index in [0.717, 1.165) is 19.2 Å². The highest BCUT2D eigenvalue weighted by Gasteiger charge is 2.33. The maximum absolute atomic E-state index is 12.9. The van der Waals surface area contributed by atoms with Crippen LogP contribution in [-0.4, -0.2) is 30.1 Å². The van der Waals surface area contributed by atoms with E-state index in [-0.39, 0.29) is 12.4 Å². The van der Waals surface area contributed by atoms with Crippen molar-refractivity contribution in [3.63, 3.8) is 0 Å². The van der Waals surface area contributed by atoms with Crippen LogP contribution in [0.15, 0.2) is 24.3 Å². The van der Waals surface area contributed by atoms with Crippen molar-refractivity contribution in [2.75, 3.05) is 13.1 Å². The quantitative estimate of drug-likeness (QED) is 0.902. The standard InChI is InChI=1S/C14H19F3N2.ClH/c1-10-7-19(8-11(2)18-10)9-12-5-3-4-6-13(12)14(15,16)17;/h3-6,10-11,18H,7-9H2,1-2H3;1H. The maximum Gasteiger partial charge on any atom is 0.416 e. The second-order valence-corrected chi connectivity index (χ2v) is 5.32. The van der Waals surface area contributed by atoms with Crippen molar-refractivity contribution >= 4 is 12.4 Å². The molecule has 1 heterocycles. The summed E-state index contributed by atoms with van der Waals surface area (Å²) in [7, 11) is 0. The van der Waals surface area contributed by atoms with E-state index >= 15 is 0 Å². The molecule has 0 saturated carbocycles. The van der Waals surface area contributed by atoms with Crippen LogP contribution in [0.25, 0.3) is 0 Å². The number of rotatable bonds is 2. The highest BCUT2D eigenvalue weighted by Crippen LogP contribution is 2.32. The Morgan fingerprint density at radius 3 is 2.25 bits per heavy atom. The highest BCUT2D eigenvalue weighted by molar-refractivity contribution is 5.85. The molecule has 1 aromatic carbocycles. The second kappa shape index (κ2) is 6.78. The van der Waals surface area contributed by atoms with Gasteiger partial charge < -0.3 is 5.32 Å². The van der Waals surface area contributed by atoms with Crippen LogP contribution in [0.4, 0.5) is 13.2 Å². The molecule has 2 rings (SSSR count). The molecule has 1 saturated heterocycles. The van der Waals surface area contributed by atoms with Gasteiger partial charge in [0.25, 0.3) is 0 Å². The van der Waals surface area contributed by atoms with Gasteiger partial charge in [0.1, 0.15) is 0 Å². The Labute approximate surface area is 123 Å². The fourth-order valence-electron chi connectivity index (χ4n) is 2.74. The van der Waals surface area contributed by atoms with E-state index in [0.29, 0.717) is 24.2 Å². The minimum atomic E-state index is -4.28. The average molecular weight is 309 g/mol. The van der Waals surface area contributed by atoms with Gasteiger partial charge in [-0.1, -0.05) is 18.2 Å². The van der Waals surface area contributed by atoms with Gasteiger partial charge in [0.05, 0.1) is 5.56 Å². The molecule has 1 aromatic rings. The lowest BCUT2D eigenvalue weighted by atomic mass is 10.0. The summed E-state index contributed by atoms with van der Waals surface area (Å²) < 4.78 is 38.8. The molecule has 0 bridgehead atoms. The predicted molar refractivity (Wildman–Crippen MR) is 76.0 cm³/mol. The van der Waals surface area contributed by atoms with Gasteiger partial charge in [-0.25, -0.2) is 0 Å². The SMILES string of the molecule is CC1CN(Cc2ccccc2C(F)(F)F)CC(C)N1.Cl. The lowest BCUT2D eigenvalue weighted by Gasteiger charge is -2.36. The molecule has 2 nitrogen and oxygen atoms in total. The van der Waals surface area contributed by atoms with E-state index < -0.39 is 11.7 Å². The van der Waals surface area contributed by atoms with Gasteiger partial charge in [-0.2, -0.15) is 13.2 Å². The summed E-state index contributed by atoms with van der Waals surface area (Å²) in [6.07, 6.45) is -4.28. The van der Waals surface area contributed by atoms with Gasteiger partial charge in [-0.3, -0.25) is 4.90 Å². The van der Waals surface area contributed by atoms with Crippen molar-refractivity contribution in [1.29, 1.82) is 0 Å². The van der Waals surface area contributed by atoms with Crippen molar-refractivity contribution in [2.45, 2.75) is 38.7 Å². The predicted octanol–water partition coefficient (Wildman–Crippen LogP) is 3.31. The van der Waals surface area contributed by atoms with Crippen LogP contribution in [0.5, 0.6) is 0 Å². The second-order valence-electron chi connectivity index (χ2n) is 5.32. The molecule has 0 aromatic heterocycles. The number of nitrogens with one attached hydrogen (secondary N) is 1. The maximum atomic E-state index is 12.9. The minimum absolute atomic E-state index is 0. The van der Waals surface area contributed by atoms with Crippen LogP contribution in [0.3, 0.4) is 0 Å². The largest absolute Gasteiger partial charge is 0.416 e. The number of alkyl halides is 3. The first kappa shape index (κ1) is 17.3. The van der Waals surface area contributed by atoms with Crippen LogP contribution < -0.4 is 5.32 Å². The van der Waals surface area contributed by atoms with E-state index in [1.54, 1.807) is 12.1 Å². The first-order valence-electron chi connectivity index (χ1n) is 6.50. The fraction of sp³-hybridized carbons (Fsp3) is 0.571. The first-order chi connectivity index (χ1) is 8.86. The molecule has 1 N–H and O–H groups in total. The van der Waals surface area contributed by atoms with Crippen molar-refractivity contribution in [2.24, 2.45) is 0 Å². The number of hydrogen-bond donors (Lipinski definition) is 1. The van der Waals surface area contributed by atoms with Gasteiger partial charge >= 0.3 is 6.18 Å². The van der Waals surface area contributed by atoms with Gasteiger partial charge in [-0.05, 0) is 25.5 Å². The number of hydrogen-bond acceptors (Lipinski definition) is 2. The molecule has 2 atom stereocenters. The number of benzene rings is 1. The van der Waals surface area contributed by atoms with E-state index in [1.807, 2.05) is 0 Å². The molecule has 1 aliphatic rings. The average Bonchev–Trinajstić information content (AvgIpc) is 2.26. The van der Waals surface area contributed by atoms with Crippen LogP contribution in [0, 0.1) is 0 Å². The van der Waals surface area contributed by atoms with Gasteiger partial charge in [-0.15, -0.1) is 12.4 Å². The molecule has 20 heavy (non-hydrogen) atoms. The molecule has 0 spiro atoms. The summed E-state index contributed by atoms with van der Waals surface area (Å²) in [6.45, 7) is 6.01. The smallest absolute Gasteiger partial charge is 0.309 e. The Hall–Kier alpha value is -0.780.